The van der Waals surface area contributed by atoms with Crippen molar-refractivity contribution in [1.29, 1.82) is 0 Å². The Morgan fingerprint density at radius 1 is 1.14 bits per heavy atom. The minimum atomic E-state index is -0.658. The molecule has 0 aromatic carbocycles. The highest BCUT2D eigenvalue weighted by Crippen LogP contribution is 2.26. The Labute approximate surface area is 160 Å². The lowest BCUT2D eigenvalue weighted by Crippen LogP contribution is -2.40. The van der Waals surface area contributed by atoms with Crippen LogP contribution in [0.15, 0.2) is 47.4 Å². The van der Waals surface area contributed by atoms with Gasteiger partial charge in [0.25, 0.3) is 0 Å². The molecule has 0 atom stereocenters. The summed E-state index contributed by atoms with van der Waals surface area (Å²) in [6.07, 6.45) is 3.03. The summed E-state index contributed by atoms with van der Waals surface area (Å²) in [6, 6.07) is 11.1. The Morgan fingerprint density at radius 2 is 1.93 bits per heavy atom. The largest absolute Gasteiger partial charge is 0.376 e. The molecule has 4 heterocycles. The second-order valence-electron chi connectivity index (χ2n) is 6.84. The molecular formula is C19H20N6O3. The van der Waals surface area contributed by atoms with Crippen LogP contribution >= 0.6 is 0 Å². The number of pyridine rings is 2. The van der Waals surface area contributed by atoms with Crippen molar-refractivity contribution in [1.82, 2.24) is 14.4 Å². The summed E-state index contributed by atoms with van der Waals surface area (Å²) in [5, 5.41) is 15.0. The number of anilines is 2. The van der Waals surface area contributed by atoms with Gasteiger partial charge in [-0.25, -0.2) is 9.97 Å². The molecule has 1 N–H and O–H groups in total. The van der Waals surface area contributed by atoms with E-state index in [1.807, 2.05) is 30.0 Å². The normalized spacial score (nSPS) is 15.0. The van der Waals surface area contributed by atoms with Crippen LogP contribution in [0.2, 0.25) is 0 Å². The molecule has 144 valence electrons. The highest BCUT2D eigenvalue weighted by molar-refractivity contribution is 5.61. The topological polar surface area (TPSA) is 106 Å². The smallest absolute Gasteiger partial charge is 0.367 e. The number of fused-ring (bicyclic) bond motifs is 1. The molecular weight excluding hydrogens is 360 g/mol. The standard InChI is InChI=1S/C19H20N6O3/c1-13-5-4-6-15(20-13)21-14-8-11-23(12-9-14)18-17(25(27)28)19(26)24-10-3-2-7-16(24)22-18/h2-7,10,14H,8-9,11-12H2,1H3,(H,20,21). The Balaban J connectivity index is 1.57. The number of hydrogen-bond donors (Lipinski definition) is 1. The highest BCUT2D eigenvalue weighted by atomic mass is 16.6. The third-order valence-corrected chi connectivity index (χ3v) is 4.91. The van der Waals surface area contributed by atoms with E-state index in [1.54, 1.807) is 18.2 Å². The summed E-state index contributed by atoms with van der Waals surface area (Å²) in [4.78, 5) is 34.2. The van der Waals surface area contributed by atoms with Crippen molar-refractivity contribution in [3.8, 4) is 0 Å². The molecule has 0 amide bonds. The first-order valence-corrected chi connectivity index (χ1v) is 9.14. The van der Waals surface area contributed by atoms with E-state index in [2.05, 4.69) is 15.3 Å². The fourth-order valence-electron chi connectivity index (χ4n) is 3.52. The third kappa shape index (κ3) is 3.38. The lowest BCUT2D eigenvalue weighted by atomic mass is 10.0. The average Bonchev–Trinajstić information content (AvgIpc) is 2.68. The van der Waals surface area contributed by atoms with E-state index in [0.29, 0.717) is 18.7 Å². The molecule has 1 fully saturated rings. The number of hydrogen-bond acceptors (Lipinski definition) is 7. The first kappa shape index (κ1) is 17.9. The van der Waals surface area contributed by atoms with Gasteiger partial charge in [0, 0.05) is 31.0 Å². The molecule has 1 aliphatic heterocycles. The van der Waals surface area contributed by atoms with Gasteiger partial charge in [0.2, 0.25) is 5.82 Å². The van der Waals surface area contributed by atoms with Gasteiger partial charge in [-0.05, 0) is 44.0 Å². The molecule has 28 heavy (non-hydrogen) atoms. The molecule has 1 saturated heterocycles. The summed E-state index contributed by atoms with van der Waals surface area (Å²) in [7, 11) is 0. The average molecular weight is 380 g/mol. The Kier molecular flexibility index (Phi) is 4.64. The van der Waals surface area contributed by atoms with Crippen molar-refractivity contribution >= 4 is 23.0 Å². The molecule has 0 saturated carbocycles. The molecule has 9 heteroatoms. The van der Waals surface area contributed by atoms with E-state index in [4.69, 9.17) is 0 Å². The van der Waals surface area contributed by atoms with Crippen molar-refractivity contribution in [2.24, 2.45) is 0 Å². The Morgan fingerprint density at radius 3 is 2.64 bits per heavy atom. The van der Waals surface area contributed by atoms with Gasteiger partial charge in [-0.15, -0.1) is 0 Å². The zero-order valence-corrected chi connectivity index (χ0v) is 15.4. The molecule has 3 aromatic heterocycles. The molecule has 1 aliphatic rings. The van der Waals surface area contributed by atoms with Gasteiger partial charge in [0.1, 0.15) is 11.5 Å². The zero-order valence-electron chi connectivity index (χ0n) is 15.4. The van der Waals surface area contributed by atoms with E-state index in [1.165, 1.54) is 10.6 Å². The summed E-state index contributed by atoms with van der Waals surface area (Å²) in [6.45, 7) is 3.08. The molecule has 4 rings (SSSR count). The molecule has 0 aliphatic carbocycles. The minimum absolute atomic E-state index is 0.147. The Hall–Kier alpha value is -3.49. The fourth-order valence-corrected chi connectivity index (χ4v) is 3.52. The highest BCUT2D eigenvalue weighted by Gasteiger charge is 2.30. The van der Waals surface area contributed by atoms with Crippen LogP contribution in [-0.2, 0) is 0 Å². The van der Waals surface area contributed by atoms with E-state index in [0.717, 1.165) is 24.4 Å². The van der Waals surface area contributed by atoms with Crippen LogP contribution in [0.3, 0.4) is 0 Å². The number of nitro groups is 1. The minimum Gasteiger partial charge on any atom is -0.367 e. The van der Waals surface area contributed by atoms with Crippen molar-refractivity contribution in [2.75, 3.05) is 23.3 Å². The van der Waals surface area contributed by atoms with Crippen LogP contribution in [0.4, 0.5) is 17.3 Å². The number of piperidine rings is 1. The first-order valence-electron chi connectivity index (χ1n) is 9.14. The van der Waals surface area contributed by atoms with Gasteiger partial charge < -0.3 is 10.2 Å². The van der Waals surface area contributed by atoms with Gasteiger partial charge in [-0.1, -0.05) is 12.1 Å². The number of nitrogens with zero attached hydrogens (tertiary/aromatic N) is 5. The van der Waals surface area contributed by atoms with E-state index in [-0.39, 0.29) is 11.9 Å². The van der Waals surface area contributed by atoms with Crippen LogP contribution in [0, 0.1) is 17.0 Å². The number of nitrogens with one attached hydrogen (secondary N) is 1. The van der Waals surface area contributed by atoms with Crippen molar-refractivity contribution < 1.29 is 4.92 Å². The number of rotatable bonds is 4. The van der Waals surface area contributed by atoms with Gasteiger partial charge in [-0.2, -0.15) is 0 Å². The van der Waals surface area contributed by atoms with Gasteiger partial charge >= 0.3 is 11.2 Å². The third-order valence-electron chi connectivity index (χ3n) is 4.91. The van der Waals surface area contributed by atoms with Crippen LogP contribution in [0.1, 0.15) is 18.5 Å². The molecule has 0 radical (unpaired) electrons. The lowest BCUT2D eigenvalue weighted by Gasteiger charge is -2.33. The van der Waals surface area contributed by atoms with Crippen molar-refractivity contribution in [3.63, 3.8) is 0 Å². The summed E-state index contributed by atoms with van der Waals surface area (Å²) in [5.74, 6) is 0.972. The van der Waals surface area contributed by atoms with Gasteiger partial charge in [0.15, 0.2) is 0 Å². The Bertz CT molecular complexity index is 1090. The first-order chi connectivity index (χ1) is 13.5. The molecule has 0 bridgehead atoms. The summed E-state index contributed by atoms with van der Waals surface area (Å²) in [5.41, 5.74) is 0.210. The van der Waals surface area contributed by atoms with Crippen molar-refractivity contribution in [3.05, 3.63) is 68.8 Å². The predicted molar refractivity (Wildman–Crippen MR) is 106 cm³/mol. The molecule has 3 aromatic rings. The maximum atomic E-state index is 12.6. The monoisotopic (exact) mass is 380 g/mol. The van der Waals surface area contributed by atoms with Gasteiger partial charge in [-0.3, -0.25) is 19.3 Å². The molecule has 0 spiro atoms. The SMILES string of the molecule is Cc1cccc(NC2CCN(c3nc4ccccn4c(=O)c3[N+](=O)[O-])CC2)n1. The summed E-state index contributed by atoms with van der Waals surface area (Å²) >= 11 is 0. The van der Waals surface area contributed by atoms with Crippen LogP contribution in [0.5, 0.6) is 0 Å². The summed E-state index contributed by atoms with van der Waals surface area (Å²) < 4.78 is 1.21. The van der Waals surface area contributed by atoms with Crippen LogP contribution in [0.25, 0.3) is 5.65 Å². The van der Waals surface area contributed by atoms with E-state index < -0.39 is 16.2 Å². The number of aryl methyl sites for hydroxylation is 1. The molecule has 9 nitrogen and oxygen atoms in total. The maximum Gasteiger partial charge on any atom is 0.376 e. The molecule has 0 unspecified atom stereocenters. The quantitative estimate of drug-likeness (QED) is 0.547. The lowest BCUT2D eigenvalue weighted by molar-refractivity contribution is -0.385. The fraction of sp³-hybridized carbons (Fsp3) is 0.316. The second-order valence-corrected chi connectivity index (χ2v) is 6.84. The van der Waals surface area contributed by atoms with Crippen molar-refractivity contribution in [2.45, 2.75) is 25.8 Å². The van der Waals surface area contributed by atoms with Crippen LogP contribution < -0.4 is 15.8 Å². The van der Waals surface area contributed by atoms with E-state index in [9.17, 15) is 14.9 Å². The van der Waals surface area contributed by atoms with Gasteiger partial charge in [0.05, 0.1) is 4.92 Å². The zero-order chi connectivity index (χ0) is 19.7. The van der Waals surface area contributed by atoms with E-state index >= 15 is 0 Å². The number of aromatic nitrogens is 3. The maximum absolute atomic E-state index is 12.6. The second kappa shape index (κ2) is 7.26. The van der Waals surface area contributed by atoms with Crippen LogP contribution in [-0.4, -0.2) is 38.4 Å². The predicted octanol–water partition coefficient (Wildman–Crippen LogP) is 2.39.